The van der Waals surface area contributed by atoms with Gasteiger partial charge in [-0.1, -0.05) is 13.5 Å². The number of carbonyl (C=O) groups excluding carboxylic acids is 2. The molecule has 4 fully saturated rings. The largest absolute Gasteiger partial charge is 0.459 e. The van der Waals surface area contributed by atoms with Crippen molar-refractivity contribution in [3.05, 3.63) is 23.3 Å². The molecule has 1 N–H and O–H groups in total. The van der Waals surface area contributed by atoms with Crippen molar-refractivity contribution >= 4 is 11.9 Å². The number of fused-ring (bicyclic) bond motifs is 1. The highest BCUT2D eigenvalue weighted by Gasteiger charge is 2.65. The zero-order valence-corrected chi connectivity index (χ0v) is 14.4. The first kappa shape index (κ1) is 15.9. The summed E-state index contributed by atoms with van der Waals surface area (Å²) in [6.07, 6.45) is 0.952. The summed E-state index contributed by atoms with van der Waals surface area (Å²) < 4.78 is 11.5. The minimum Gasteiger partial charge on any atom is -0.459 e. The van der Waals surface area contributed by atoms with Crippen LogP contribution < -0.4 is 0 Å². The molecule has 3 saturated carbocycles. The van der Waals surface area contributed by atoms with E-state index in [2.05, 4.69) is 13.5 Å². The van der Waals surface area contributed by atoms with E-state index < -0.39 is 12.1 Å². The maximum absolute atomic E-state index is 12.4. The van der Waals surface area contributed by atoms with Gasteiger partial charge in [-0.15, -0.1) is 0 Å². The quantitative estimate of drug-likeness (QED) is 0.476. The Hall–Kier alpha value is -1.62. The molecular weight excluding hydrogens is 308 g/mol. The summed E-state index contributed by atoms with van der Waals surface area (Å²) in [6, 6.07) is 0. The summed E-state index contributed by atoms with van der Waals surface area (Å²) in [5.74, 6) is -0.771. The van der Waals surface area contributed by atoms with Crippen molar-refractivity contribution < 1.29 is 24.2 Å². The molecule has 5 aliphatic rings. The van der Waals surface area contributed by atoms with Gasteiger partial charge in [-0.3, -0.25) is 4.79 Å². The molecule has 130 valence electrons. The fourth-order valence-corrected chi connectivity index (χ4v) is 5.50. The lowest BCUT2D eigenvalue weighted by molar-refractivity contribution is -0.155. The van der Waals surface area contributed by atoms with E-state index in [-0.39, 0.29) is 41.3 Å². The summed E-state index contributed by atoms with van der Waals surface area (Å²) in [5, 5.41) is 10.3. The van der Waals surface area contributed by atoms with Crippen LogP contribution in [0.2, 0.25) is 0 Å². The number of aliphatic hydroxyl groups is 1. The molecule has 0 aromatic carbocycles. The first-order valence-corrected chi connectivity index (χ1v) is 8.68. The predicted octanol–water partition coefficient (Wildman–Crippen LogP) is 2.14. The molecule has 1 heterocycles. The first-order chi connectivity index (χ1) is 11.2. The van der Waals surface area contributed by atoms with Crippen LogP contribution in [0.5, 0.6) is 0 Å². The Balaban J connectivity index is 1.79. The van der Waals surface area contributed by atoms with Gasteiger partial charge in [0.1, 0.15) is 12.2 Å². The second kappa shape index (κ2) is 4.94. The highest BCUT2D eigenvalue weighted by atomic mass is 16.6. The van der Waals surface area contributed by atoms with E-state index in [4.69, 9.17) is 9.47 Å². The Labute approximate surface area is 141 Å². The lowest BCUT2D eigenvalue weighted by Gasteiger charge is -2.43. The maximum Gasteiger partial charge on any atom is 0.333 e. The van der Waals surface area contributed by atoms with E-state index >= 15 is 0 Å². The second-order valence-electron chi connectivity index (χ2n) is 8.27. The van der Waals surface area contributed by atoms with Crippen LogP contribution in [0.15, 0.2) is 23.3 Å². The minimum atomic E-state index is -0.463. The third-order valence-electron chi connectivity index (χ3n) is 6.69. The molecule has 4 aliphatic carbocycles. The van der Waals surface area contributed by atoms with Gasteiger partial charge in [0.25, 0.3) is 0 Å². The molecule has 0 radical (unpaired) electrons. The van der Waals surface area contributed by atoms with E-state index in [0.717, 1.165) is 17.6 Å². The molecule has 1 unspecified atom stereocenters. The van der Waals surface area contributed by atoms with Crippen molar-refractivity contribution in [1.29, 1.82) is 0 Å². The molecule has 0 amide bonds. The molecule has 0 aromatic heterocycles. The van der Waals surface area contributed by atoms with Crippen molar-refractivity contribution in [2.75, 3.05) is 0 Å². The van der Waals surface area contributed by atoms with Gasteiger partial charge < -0.3 is 14.6 Å². The van der Waals surface area contributed by atoms with Crippen molar-refractivity contribution in [3.8, 4) is 0 Å². The molecule has 1 aliphatic heterocycles. The maximum atomic E-state index is 12.4. The Morgan fingerprint density at radius 1 is 1.42 bits per heavy atom. The number of aliphatic hydroxyl groups excluding tert-OH is 1. The summed E-state index contributed by atoms with van der Waals surface area (Å²) in [6.45, 7) is 9.38. The van der Waals surface area contributed by atoms with Gasteiger partial charge in [-0.05, 0) is 55.6 Å². The molecule has 5 rings (SSSR count). The third kappa shape index (κ3) is 1.97. The average molecular weight is 332 g/mol. The standard InChI is InChI=1S/C19H24O5/c1-8(2)17(21)23-13-7-19(4)6-10-15(13)16(24-18(10)22)14-9(3)12(20)5-11(14)19/h10-13,15-16,20H,1,5-7H2,2-4H3/t10-,11-,12?,13-,15-,16+,19+/m1/s1. The van der Waals surface area contributed by atoms with E-state index in [9.17, 15) is 14.7 Å². The molecule has 5 nitrogen and oxygen atoms in total. The molecular formula is C19H24O5. The number of ether oxygens (including phenoxy) is 2. The van der Waals surface area contributed by atoms with Crippen molar-refractivity contribution in [3.63, 3.8) is 0 Å². The average Bonchev–Trinajstić information content (AvgIpc) is 2.91. The first-order valence-electron chi connectivity index (χ1n) is 8.68. The highest BCUT2D eigenvalue weighted by molar-refractivity contribution is 5.87. The van der Waals surface area contributed by atoms with Crippen LogP contribution in [0.4, 0.5) is 0 Å². The predicted molar refractivity (Wildman–Crippen MR) is 85.7 cm³/mol. The molecule has 7 atom stereocenters. The Bertz CT molecular complexity index is 677. The third-order valence-corrected chi connectivity index (χ3v) is 6.69. The zero-order chi connectivity index (χ0) is 17.4. The summed E-state index contributed by atoms with van der Waals surface area (Å²) >= 11 is 0. The summed E-state index contributed by atoms with van der Waals surface area (Å²) in [4.78, 5) is 24.5. The van der Waals surface area contributed by atoms with Gasteiger partial charge in [0.15, 0.2) is 0 Å². The van der Waals surface area contributed by atoms with Crippen LogP contribution in [-0.2, 0) is 19.1 Å². The molecule has 5 heteroatoms. The van der Waals surface area contributed by atoms with Crippen LogP contribution >= 0.6 is 0 Å². The van der Waals surface area contributed by atoms with Crippen LogP contribution in [0.25, 0.3) is 0 Å². The molecule has 4 bridgehead atoms. The Kier molecular flexibility index (Phi) is 3.27. The SMILES string of the molecule is C=C(C)C(=O)O[C@@H]1C[C@]2(C)C[C@H]3C(=O)O[C@@H](C4=C(C)C(O)C[C@H]42)[C@@H]13. The van der Waals surface area contributed by atoms with Crippen molar-refractivity contribution in [2.45, 2.75) is 58.3 Å². The van der Waals surface area contributed by atoms with Gasteiger partial charge in [-0.25, -0.2) is 4.79 Å². The van der Waals surface area contributed by atoms with Crippen LogP contribution in [0.3, 0.4) is 0 Å². The summed E-state index contributed by atoms with van der Waals surface area (Å²) in [7, 11) is 0. The van der Waals surface area contributed by atoms with E-state index in [1.54, 1.807) is 6.92 Å². The molecule has 24 heavy (non-hydrogen) atoms. The van der Waals surface area contributed by atoms with Crippen molar-refractivity contribution in [2.24, 2.45) is 23.2 Å². The van der Waals surface area contributed by atoms with E-state index in [0.29, 0.717) is 18.4 Å². The van der Waals surface area contributed by atoms with Gasteiger partial charge in [0, 0.05) is 5.57 Å². The number of esters is 2. The number of hydrogen-bond acceptors (Lipinski definition) is 5. The monoisotopic (exact) mass is 332 g/mol. The van der Waals surface area contributed by atoms with Crippen LogP contribution in [0.1, 0.15) is 40.0 Å². The van der Waals surface area contributed by atoms with Gasteiger partial charge in [0.2, 0.25) is 0 Å². The topological polar surface area (TPSA) is 72.8 Å². The Morgan fingerprint density at radius 2 is 2.12 bits per heavy atom. The van der Waals surface area contributed by atoms with E-state index in [1.165, 1.54) is 0 Å². The molecule has 0 aromatic rings. The number of rotatable bonds is 2. The lowest BCUT2D eigenvalue weighted by Crippen LogP contribution is -2.44. The molecule has 1 saturated heterocycles. The fraction of sp³-hybridized carbons (Fsp3) is 0.684. The van der Waals surface area contributed by atoms with E-state index in [1.807, 2.05) is 6.92 Å². The number of carbonyl (C=O) groups is 2. The van der Waals surface area contributed by atoms with Crippen LogP contribution in [-0.4, -0.2) is 35.4 Å². The smallest absolute Gasteiger partial charge is 0.333 e. The number of hydrogen-bond donors (Lipinski definition) is 1. The normalized spacial score (nSPS) is 45.8. The van der Waals surface area contributed by atoms with Gasteiger partial charge >= 0.3 is 11.9 Å². The van der Waals surface area contributed by atoms with Gasteiger partial charge in [0.05, 0.1) is 17.9 Å². The fourth-order valence-electron chi connectivity index (χ4n) is 5.50. The minimum absolute atomic E-state index is 0.144. The van der Waals surface area contributed by atoms with Gasteiger partial charge in [-0.2, -0.15) is 0 Å². The summed E-state index contributed by atoms with van der Waals surface area (Å²) in [5.41, 5.74) is 2.22. The highest BCUT2D eigenvalue weighted by Crippen LogP contribution is 2.63. The molecule has 0 spiro atoms. The lowest BCUT2D eigenvalue weighted by atomic mass is 9.62. The van der Waals surface area contributed by atoms with Crippen LogP contribution in [0, 0.1) is 23.2 Å². The zero-order valence-electron chi connectivity index (χ0n) is 14.4. The van der Waals surface area contributed by atoms with Crippen molar-refractivity contribution in [1.82, 2.24) is 0 Å². The Morgan fingerprint density at radius 3 is 2.79 bits per heavy atom. The second-order valence-corrected chi connectivity index (χ2v) is 8.27.